The number of rotatable bonds is 4. The van der Waals surface area contributed by atoms with E-state index in [0.29, 0.717) is 5.88 Å². The maximum absolute atomic E-state index is 5.22. The molecule has 0 N–H and O–H groups in total. The van der Waals surface area contributed by atoms with E-state index >= 15 is 0 Å². The van der Waals surface area contributed by atoms with Crippen molar-refractivity contribution in [3.63, 3.8) is 0 Å². The minimum absolute atomic E-state index is 0.268. The lowest BCUT2D eigenvalue weighted by Crippen LogP contribution is -1.97. The number of nitrogens with zero attached hydrogens (tertiary/aromatic N) is 2. The molecule has 1 aromatic heterocycles. The van der Waals surface area contributed by atoms with Crippen molar-refractivity contribution >= 4 is 0 Å². The van der Waals surface area contributed by atoms with Crippen LogP contribution in [0.1, 0.15) is 0 Å². The molecule has 18 heavy (non-hydrogen) atoms. The number of aromatic nitrogens is 2. The minimum Gasteiger partial charge on any atom is -0.497 e. The summed E-state index contributed by atoms with van der Waals surface area (Å²) in [4.78, 5) is 8.18. The summed E-state index contributed by atoms with van der Waals surface area (Å²) < 4.78 is 15.3. The van der Waals surface area contributed by atoms with Crippen molar-refractivity contribution in [1.82, 2.24) is 9.97 Å². The summed E-state index contributed by atoms with van der Waals surface area (Å²) in [6.07, 6.45) is 1.64. The zero-order valence-electron chi connectivity index (χ0n) is 10.4. The van der Waals surface area contributed by atoms with Crippen LogP contribution in [0, 0.1) is 6.07 Å². The van der Waals surface area contributed by atoms with Gasteiger partial charge in [-0.05, 0) is 29.8 Å². The van der Waals surface area contributed by atoms with E-state index in [2.05, 4.69) is 16.0 Å². The van der Waals surface area contributed by atoms with Gasteiger partial charge < -0.3 is 14.2 Å². The lowest BCUT2D eigenvalue weighted by Gasteiger charge is -2.08. The molecule has 0 unspecified atom stereocenters. The van der Waals surface area contributed by atoms with E-state index in [1.165, 1.54) is 7.11 Å². The molecule has 0 aliphatic rings. The Labute approximate surface area is 105 Å². The molecule has 0 aliphatic heterocycles. The summed E-state index contributed by atoms with van der Waals surface area (Å²) in [6, 6.07) is 8.82. The second-order valence-corrected chi connectivity index (χ2v) is 3.42. The van der Waals surface area contributed by atoms with Crippen LogP contribution < -0.4 is 14.2 Å². The Morgan fingerprint density at radius 3 is 2.44 bits per heavy atom. The monoisotopic (exact) mass is 245 g/mol. The molecule has 1 heterocycles. The van der Waals surface area contributed by atoms with Crippen molar-refractivity contribution in [3.05, 3.63) is 30.5 Å². The maximum atomic E-state index is 5.22. The van der Waals surface area contributed by atoms with Gasteiger partial charge in [-0.1, -0.05) is 0 Å². The molecule has 1 radical (unpaired) electrons. The zero-order valence-corrected chi connectivity index (χ0v) is 10.4. The molecular formula is C13H13N2O3. The number of hydrogen-bond acceptors (Lipinski definition) is 5. The third-order valence-electron chi connectivity index (χ3n) is 2.42. The second-order valence-electron chi connectivity index (χ2n) is 3.42. The van der Waals surface area contributed by atoms with Gasteiger partial charge in [0.2, 0.25) is 5.88 Å². The summed E-state index contributed by atoms with van der Waals surface area (Å²) in [5.74, 6) is 1.19. The molecule has 2 rings (SSSR count). The number of benzene rings is 1. The first-order valence-corrected chi connectivity index (χ1v) is 5.29. The molecule has 0 saturated carbocycles. The van der Waals surface area contributed by atoms with Crippen LogP contribution in [0.4, 0.5) is 0 Å². The van der Waals surface area contributed by atoms with Crippen LogP contribution in [-0.2, 0) is 0 Å². The first-order chi connectivity index (χ1) is 8.78. The fourth-order valence-corrected chi connectivity index (χ4v) is 1.49. The third kappa shape index (κ3) is 2.34. The summed E-state index contributed by atoms with van der Waals surface area (Å²) in [6.45, 7) is 0. The van der Waals surface area contributed by atoms with Crippen LogP contribution >= 0.6 is 0 Å². The van der Waals surface area contributed by atoms with Crippen LogP contribution in [0.25, 0.3) is 11.1 Å². The molecule has 93 valence electrons. The van der Waals surface area contributed by atoms with E-state index < -0.39 is 0 Å². The molecule has 2 aromatic rings. The lowest BCUT2D eigenvalue weighted by molar-refractivity contribution is 0.353. The smallest absolute Gasteiger partial charge is 0.319 e. The van der Waals surface area contributed by atoms with Crippen molar-refractivity contribution in [2.24, 2.45) is 0 Å². The Bertz CT molecular complexity index is 526. The quantitative estimate of drug-likeness (QED) is 0.824. The first kappa shape index (κ1) is 12.2. The van der Waals surface area contributed by atoms with Crippen LogP contribution in [0.15, 0.2) is 24.4 Å². The predicted molar refractivity (Wildman–Crippen MR) is 66.0 cm³/mol. The standard InChI is InChI=1S/C13H13N2O3/c1-16-10-6-4-9(5-7-10)11-8-14-13(18-3)15-12(11)17-2/h4,6-8H,1-3H3. The van der Waals surface area contributed by atoms with Gasteiger partial charge >= 0.3 is 6.01 Å². The van der Waals surface area contributed by atoms with E-state index in [0.717, 1.165) is 16.9 Å². The van der Waals surface area contributed by atoms with Gasteiger partial charge in [0, 0.05) is 6.20 Å². The molecule has 0 fully saturated rings. The highest BCUT2D eigenvalue weighted by Gasteiger charge is 2.10. The van der Waals surface area contributed by atoms with Gasteiger partial charge in [-0.25, -0.2) is 4.98 Å². The molecule has 0 spiro atoms. The molecule has 1 aromatic carbocycles. The Morgan fingerprint density at radius 2 is 1.89 bits per heavy atom. The van der Waals surface area contributed by atoms with Crippen molar-refractivity contribution in [2.45, 2.75) is 0 Å². The molecular weight excluding hydrogens is 232 g/mol. The molecule has 0 amide bonds. The van der Waals surface area contributed by atoms with Crippen LogP contribution in [0.5, 0.6) is 17.6 Å². The lowest BCUT2D eigenvalue weighted by atomic mass is 10.1. The Hall–Kier alpha value is -2.30. The van der Waals surface area contributed by atoms with Gasteiger partial charge in [0.15, 0.2) is 0 Å². The molecule has 0 bridgehead atoms. The van der Waals surface area contributed by atoms with Crippen LogP contribution in [0.2, 0.25) is 0 Å². The average molecular weight is 245 g/mol. The van der Waals surface area contributed by atoms with Gasteiger partial charge in [0.05, 0.1) is 26.9 Å². The summed E-state index contributed by atoms with van der Waals surface area (Å²) in [7, 11) is 4.67. The molecule has 5 nitrogen and oxygen atoms in total. The number of hydrogen-bond donors (Lipinski definition) is 0. The topological polar surface area (TPSA) is 53.5 Å². The van der Waals surface area contributed by atoms with E-state index in [4.69, 9.17) is 14.2 Å². The predicted octanol–water partition coefficient (Wildman–Crippen LogP) is 1.97. The summed E-state index contributed by atoms with van der Waals surface area (Å²) in [5.41, 5.74) is 1.58. The van der Waals surface area contributed by atoms with Crippen LogP contribution in [-0.4, -0.2) is 31.3 Å². The summed E-state index contributed by atoms with van der Waals surface area (Å²) in [5, 5.41) is 0. The van der Waals surface area contributed by atoms with Crippen molar-refractivity contribution in [2.75, 3.05) is 21.3 Å². The van der Waals surface area contributed by atoms with E-state index in [1.54, 1.807) is 26.5 Å². The maximum Gasteiger partial charge on any atom is 0.319 e. The van der Waals surface area contributed by atoms with Gasteiger partial charge in [-0.3, -0.25) is 0 Å². The highest BCUT2D eigenvalue weighted by Crippen LogP contribution is 2.29. The Morgan fingerprint density at radius 1 is 1.06 bits per heavy atom. The second kappa shape index (κ2) is 5.35. The fraction of sp³-hybridized carbons (Fsp3) is 0.231. The van der Waals surface area contributed by atoms with Crippen molar-refractivity contribution < 1.29 is 14.2 Å². The number of methoxy groups -OCH3 is 3. The average Bonchev–Trinajstić information content (AvgIpc) is 2.46. The molecule has 5 heteroatoms. The van der Waals surface area contributed by atoms with E-state index in [-0.39, 0.29) is 6.01 Å². The molecule has 0 atom stereocenters. The van der Waals surface area contributed by atoms with Gasteiger partial charge in [0.25, 0.3) is 0 Å². The largest absolute Gasteiger partial charge is 0.497 e. The Kier molecular flexibility index (Phi) is 3.62. The van der Waals surface area contributed by atoms with E-state index in [1.807, 2.05) is 12.1 Å². The van der Waals surface area contributed by atoms with Gasteiger partial charge in [-0.2, -0.15) is 4.98 Å². The van der Waals surface area contributed by atoms with Gasteiger partial charge in [-0.15, -0.1) is 0 Å². The SMILES string of the molecule is COc1c[c]c(-c2cnc(OC)nc2OC)cc1. The fourth-order valence-electron chi connectivity index (χ4n) is 1.49. The zero-order chi connectivity index (χ0) is 13.0. The third-order valence-corrected chi connectivity index (χ3v) is 2.42. The first-order valence-electron chi connectivity index (χ1n) is 5.29. The Balaban J connectivity index is 2.42. The molecule has 0 aliphatic carbocycles. The summed E-state index contributed by atoms with van der Waals surface area (Å²) >= 11 is 0. The van der Waals surface area contributed by atoms with Crippen molar-refractivity contribution in [3.8, 4) is 28.8 Å². The minimum atomic E-state index is 0.268. The molecule has 0 saturated heterocycles. The van der Waals surface area contributed by atoms with Crippen LogP contribution in [0.3, 0.4) is 0 Å². The van der Waals surface area contributed by atoms with Crippen molar-refractivity contribution in [1.29, 1.82) is 0 Å². The highest BCUT2D eigenvalue weighted by atomic mass is 16.5. The number of ether oxygens (including phenoxy) is 3. The van der Waals surface area contributed by atoms with Gasteiger partial charge in [0.1, 0.15) is 5.75 Å². The normalized spacial score (nSPS) is 9.94. The highest BCUT2D eigenvalue weighted by molar-refractivity contribution is 5.67. The van der Waals surface area contributed by atoms with E-state index in [9.17, 15) is 0 Å².